The Bertz CT molecular complexity index is 1480. The van der Waals surface area contributed by atoms with E-state index >= 15 is 0 Å². The summed E-state index contributed by atoms with van der Waals surface area (Å²) in [5.41, 5.74) is 3.82. The van der Waals surface area contributed by atoms with Gasteiger partial charge in [-0.3, -0.25) is 0 Å². The lowest BCUT2D eigenvalue weighted by Gasteiger charge is -2.17. The molecule has 7 nitrogen and oxygen atoms in total. The Morgan fingerprint density at radius 2 is 1.50 bits per heavy atom. The highest BCUT2D eigenvalue weighted by Crippen LogP contribution is 2.34. The molecular formula is C28H29N3O4S. The maximum absolute atomic E-state index is 12.8. The van der Waals surface area contributed by atoms with Gasteiger partial charge in [0.15, 0.2) is 0 Å². The Morgan fingerprint density at radius 3 is 2.14 bits per heavy atom. The van der Waals surface area contributed by atoms with Crippen LogP contribution < -0.4 is 19.7 Å². The first-order valence-corrected chi connectivity index (χ1v) is 13.0. The highest BCUT2D eigenvalue weighted by Gasteiger charge is 2.24. The summed E-state index contributed by atoms with van der Waals surface area (Å²) in [6.45, 7) is 3.33. The topological polar surface area (TPSA) is 87.7 Å². The van der Waals surface area contributed by atoms with Crippen molar-refractivity contribution in [2.45, 2.75) is 24.8 Å². The van der Waals surface area contributed by atoms with Gasteiger partial charge in [0.1, 0.15) is 11.8 Å². The van der Waals surface area contributed by atoms with E-state index in [2.05, 4.69) is 10.0 Å². The molecule has 0 saturated heterocycles. The molecule has 2 N–H and O–H groups in total. The largest absolute Gasteiger partial charge is 0.425 e. The molecule has 0 aromatic heterocycles. The molecule has 0 aliphatic carbocycles. The highest BCUT2D eigenvalue weighted by molar-refractivity contribution is 7.89. The summed E-state index contributed by atoms with van der Waals surface area (Å²) in [6.07, 6.45) is 0. The molecule has 0 radical (unpaired) electrons. The van der Waals surface area contributed by atoms with Crippen LogP contribution in [0.15, 0.2) is 89.8 Å². The summed E-state index contributed by atoms with van der Waals surface area (Å²) in [4.78, 5) is 14.9. The Kier molecular flexibility index (Phi) is 7.28. The van der Waals surface area contributed by atoms with Gasteiger partial charge in [0, 0.05) is 41.9 Å². The first-order valence-electron chi connectivity index (χ1n) is 11.5. The molecule has 1 atom stereocenters. The fourth-order valence-electron chi connectivity index (χ4n) is 3.73. The Labute approximate surface area is 211 Å². The molecule has 4 rings (SSSR count). The van der Waals surface area contributed by atoms with E-state index < -0.39 is 22.0 Å². The Morgan fingerprint density at radius 1 is 0.861 bits per heavy atom. The zero-order chi connectivity index (χ0) is 25.9. The van der Waals surface area contributed by atoms with Crippen molar-refractivity contribution in [2.24, 2.45) is 0 Å². The minimum Gasteiger partial charge on any atom is -0.425 e. The molecule has 0 saturated carbocycles. The Balaban J connectivity index is 1.53. The smallest absolute Gasteiger partial charge is 0.329 e. The predicted molar refractivity (Wildman–Crippen MR) is 145 cm³/mol. The first kappa shape index (κ1) is 25.2. The number of carbonyl (C=O) groups excluding carboxylic acids is 1. The summed E-state index contributed by atoms with van der Waals surface area (Å²) in [5, 5.41) is 5.02. The number of ether oxygens (including phenoxy) is 1. The summed E-state index contributed by atoms with van der Waals surface area (Å²) in [5.74, 6) is -0.346. The third-order valence-electron chi connectivity index (χ3n) is 5.77. The minimum atomic E-state index is -3.87. The van der Waals surface area contributed by atoms with Crippen molar-refractivity contribution in [3.8, 4) is 5.75 Å². The van der Waals surface area contributed by atoms with Gasteiger partial charge in [-0.15, -0.1) is 0 Å². The number of nitrogens with zero attached hydrogens (tertiary/aromatic N) is 1. The molecule has 0 bridgehead atoms. The van der Waals surface area contributed by atoms with Crippen LogP contribution in [0, 0.1) is 6.92 Å². The number of fused-ring (bicyclic) bond motifs is 1. The van der Waals surface area contributed by atoms with Gasteiger partial charge < -0.3 is 15.0 Å². The van der Waals surface area contributed by atoms with Crippen LogP contribution in [-0.4, -0.2) is 34.5 Å². The number of rotatable bonds is 8. The van der Waals surface area contributed by atoms with Crippen LogP contribution in [0.1, 0.15) is 12.5 Å². The quantitative estimate of drug-likeness (QED) is 0.253. The molecular weight excluding hydrogens is 474 g/mol. The van der Waals surface area contributed by atoms with Gasteiger partial charge >= 0.3 is 5.97 Å². The zero-order valence-corrected chi connectivity index (χ0v) is 21.5. The molecule has 0 aliphatic rings. The SMILES string of the molecule is Cc1ccc(S(=O)(=O)N[C@@H](C)C(=O)Oc2ccc(Nc3ccc(N(C)C)cc3)c3ccccc23)cc1. The molecule has 4 aromatic carbocycles. The maximum atomic E-state index is 12.8. The van der Waals surface area contributed by atoms with Crippen molar-refractivity contribution in [1.82, 2.24) is 4.72 Å². The number of hydrogen-bond donors (Lipinski definition) is 2. The van der Waals surface area contributed by atoms with E-state index in [0.29, 0.717) is 5.75 Å². The van der Waals surface area contributed by atoms with Crippen LogP contribution in [0.25, 0.3) is 10.8 Å². The molecule has 36 heavy (non-hydrogen) atoms. The van der Waals surface area contributed by atoms with E-state index in [4.69, 9.17) is 4.74 Å². The average molecular weight is 504 g/mol. The summed E-state index contributed by atoms with van der Waals surface area (Å²) >= 11 is 0. The lowest BCUT2D eigenvalue weighted by atomic mass is 10.1. The number of carbonyl (C=O) groups is 1. The van der Waals surface area contributed by atoms with Crippen molar-refractivity contribution < 1.29 is 17.9 Å². The first-order chi connectivity index (χ1) is 17.1. The number of nitrogens with one attached hydrogen (secondary N) is 2. The van der Waals surface area contributed by atoms with Gasteiger partial charge in [-0.2, -0.15) is 4.72 Å². The summed E-state index contributed by atoms with van der Waals surface area (Å²) in [7, 11) is 0.111. The van der Waals surface area contributed by atoms with Gasteiger partial charge in [0.05, 0.1) is 4.90 Å². The predicted octanol–water partition coefficient (Wildman–Crippen LogP) is 5.23. The standard InChI is InChI=1S/C28H29N3O4S/c1-19-9-15-23(16-10-19)36(33,34)30-20(2)28(32)35-27-18-17-26(24-7-5-6-8-25(24)27)29-21-11-13-22(14-12-21)31(3)4/h5-18,20,29-30H,1-4H3/t20-/m0/s1. The molecule has 0 spiro atoms. The van der Waals surface area contributed by atoms with Crippen molar-refractivity contribution in [3.63, 3.8) is 0 Å². The number of hydrogen-bond acceptors (Lipinski definition) is 6. The van der Waals surface area contributed by atoms with Crippen molar-refractivity contribution >= 4 is 43.8 Å². The van der Waals surface area contributed by atoms with E-state index in [9.17, 15) is 13.2 Å². The van der Waals surface area contributed by atoms with Crippen LogP contribution >= 0.6 is 0 Å². The fourth-order valence-corrected chi connectivity index (χ4v) is 4.92. The second kappa shape index (κ2) is 10.4. The van der Waals surface area contributed by atoms with Gasteiger partial charge in [-0.25, -0.2) is 13.2 Å². The molecule has 4 aromatic rings. The summed E-state index contributed by atoms with van der Waals surface area (Å²) < 4.78 is 33.4. The number of aryl methyl sites for hydroxylation is 1. The van der Waals surface area contributed by atoms with Crippen LogP contribution in [0.2, 0.25) is 0 Å². The second-order valence-corrected chi connectivity index (χ2v) is 10.5. The molecule has 0 amide bonds. The van der Waals surface area contributed by atoms with Gasteiger partial charge in [0.25, 0.3) is 0 Å². The number of sulfonamides is 1. The van der Waals surface area contributed by atoms with Gasteiger partial charge in [0.2, 0.25) is 10.0 Å². The number of anilines is 3. The molecule has 0 unspecified atom stereocenters. The van der Waals surface area contributed by atoms with Crippen molar-refractivity contribution in [2.75, 3.05) is 24.3 Å². The van der Waals surface area contributed by atoms with Crippen molar-refractivity contribution in [1.29, 1.82) is 0 Å². The van der Waals surface area contributed by atoms with E-state index in [1.54, 1.807) is 18.2 Å². The molecule has 186 valence electrons. The molecule has 0 heterocycles. The van der Waals surface area contributed by atoms with E-state index in [0.717, 1.165) is 33.4 Å². The van der Waals surface area contributed by atoms with Crippen LogP contribution in [-0.2, 0) is 14.8 Å². The molecule has 0 aliphatic heterocycles. The van der Waals surface area contributed by atoms with Gasteiger partial charge in [-0.05, 0) is 62.4 Å². The average Bonchev–Trinajstić information content (AvgIpc) is 2.85. The monoisotopic (exact) mass is 503 g/mol. The molecule has 8 heteroatoms. The van der Waals surface area contributed by atoms with Crippen LogP contribution in [0.5, 0.6) is 5.75 Å². The van der Waals surface area contributed by atoms with Crippen LogP contribution in [0.3, 0.4) is 0 Å². The normalized spacial score (nSPS) is 12.2. The Hall–Kier alpha value is -3.88. The third-order valence-corrected chi connectivity index (χ3v) is 7.33. The third kappa shape index (κ3) is 5.67. The fraction of sp³-hybridized carbons (Fsp3) is 0.179. The lowest BCUT2D eigenvalue weighted by molar-refractivity contribution is -0.135. The zero-order valence-electron chi connectivity index (χ0n) is 20.6. The second-order valence-electron chi connectivity index (χ2n) is 8.80. The van der Waals surface area contributed by atoms with E-state index in [1.807, 2.05) is 80.5 Å². The van der Waals surface area contributed by atoms with Crippen molar-refractivity contribution in [3.05, 3.63) is 90.5 Å². The summed E-state index contributed by atoms with van der Waals surface area (Å²) in [6, 6.07) is 24.5. The van der Waals surface area contributed by atoms with Gasteiger partial charge in [-0.1, -0.05) is 42.0 Å². The maximum Gasteiger partial charge on any atom is 0.329 e. The highest BCUT2D eigenvalue weighted by atomic mass is 32.2. The van der Waals surface area contributed by atoms with E-state index in [-0.39, 0.29) is 4.90 Å². The number of esters is 1. The lowest BCUT2D eigenvalue weighted by Crippen LogP contribution is -2.40. The minimum absolute atomic E-state index is 0.0900. The van der Waals surface area contributed by atoms with Crippen LogP contribution in [0.4, 0.5) is 17.1 Å². The number of benzene rings is 4. The molecule has 0 fully saturated rings. The van der Waals surface area contributed by atoms with E-state index in [1.165, 1.54) is 19.1 Å².